The van der Waals surface area contributed by atoms with Gasteiger partial charge >= 0.3 is 0 Å². The Morgan fingerprint density at radius 2 is 1.88 bits per heavy atom. The standard InChI is InChI=1S/C24H27F3N4O.ClH/c1-13-6-17-16(4-5-21-18(17)11-29-30-21)23(31(13)12-24(2,3)27)22-19(25)7-14(8-20(22)26)32-15-9-28-10-15;/h4-5,7-8,11,13,15,23,28H,6,9-10,12H2,1-3H3,(H,29,30);1H/t13-,23+;/m1./s1. The average molecular weight is 481 g/mol. The molecule has 1 aromatic heterocycles. The molecule has 1 saturated heterocycles. The second kappa shape index (κ2) is 8.81. The maximum Gasteiger partial charge on any atom is 0.134 e. The largest absolute Gasteiger partial charge is 0.488 e. The van der Waals surface area contributed by atoms with Crippen molar-refractivity contribution in [2.75, 3.05) is 19.6 Å². The second-order valence-electron chi connectivity index (χ2n) is 9.51. The van der Waals surface area contributed by atoms with Gasteiger partial charge in [-0.25, -0.2) is 13.2 Å². The molecule has 5 nitrogen and oxygen atoms in total. The number of hydrogen-bond acceptors (Lipinski definition) is 4. The molecule has 33 heavy (non-hydrogen) atoms. The van der Waals surface area contributed by atoms with Crippen molar-refractivity contribution in [2.24, 2.45) is 0 Å². The van der Waals surface area contributed by atoms with E-state index in [-0.39, 0.29) is 42.4 Å². The van der Waals surface area contributed by atoms with E-state index in [0.29, 0.717) is 19.5 Å². The molecule has 0 unspecified atom stereocenters. The first-order valence-corrected chi connectivity index (χ1v) is 11.0. The Morgan fingerprint density at radius 3 is 2.48 bits per heavy atom. The summed E-state index contributed by atoms with van der Waals surface area (Å²) < 4.78 is 51.4. The van der Waals surface area contributed by atoms with Gasteiger partial charge in [0.1, 0.15) is 29.2 Å². The molecule has 2 aliphatic heterocycles. The monoisotopic (exact) mass is 480 g/mol. The summed E-state index contributed by atoms with van der Waals surface area (Å²) in [6.45, 7) is 6.30. The van der Waals surface area contributed by atoms with E-state index in [1.54, 1.807) is 6.20 Å². The third-order valence-electron chi connectivity index (χ3n) is 6.40. The van der Waals surface area contributed by atoms with E-state index in [4.69, 9.17) is 4.74 Å². The average Bonchev–Trinajstić information content (AvgIpc) is 3.15. The molecule has 2 aliphatic rings. The highest BCUT2D eigenvalue weighted by molar-refractivity contribution is 5.85. The summed E-state index contributed by atoms with van der Waals surface area (Å²) in [5, 5.41) is 11.1. The fourth-order valence-corrected chi connectivity index (χ4v) is 4.85. The molecule has 2 aromatic carbocycles. The van der Waals surface area contributed by atoms with Gasteiger partial charge in [-0.05, 0) is 44.4 Å². The van der Waals surface area contributed by atoms with Gasteiger partial charge in [-0.3, -0.25) is 10.00 Å². The summed E-state index contributed by atoms with van der Waals surface area (Å²) in [6, 6.07) is 5.32. The number of hydrogen-bond donors (Lipinski definition) is 2. The fourth-order valence-electron chi connectivity index (χ4n) is 4.85. The fraction of sp³-hybridized carbons (Fsp3) is 0.458. The quantitative estimate of drug-likeness (QED) is 0.556. The molecule has 0 amide bonds. The van der Waals surface area contributed by atoms with Gasteiger partial charge in [0.25, 0.3) is 0 Å². The van der Waals surface area contributed by atoms with Gasteiger partial charge < -0.3 is 10.1 Å². The number of fused-ring (bicyclic) bond motifs is 3. The van der Waals surface area contributed by atoms with Crippen molar-refractivity contribution in [3.63, 3.8) is 0 Å². The first-order chi connectivity index (χ1) is 15.2. The van der Waals surface area contributed by atoms with Crippen LogP contribution in [0.3, 0.4) is 0 Å². The lowest BCUT2D eigenvalue weighted by Gasteiger charge is -2.44. The van der Waals surface area contributed by atoms with Gasteiger partial charge in [0.2, 0.25) is 0 Å². The molecule has 0 bridgehead atoms. The van der Waals surface area contributed by atoms with Crippen molar-refractivity contribution in [1.82, 2.24) is 20.4 Å². The van der Waals surface area contributed by atoms with Gasteiger partial charge in [0.05, 0.1) is 17.8 Å². The molecule has 2 N–H and O–H groups in total. The summed E-state index contributed by atoms with van der Waals surface area (Å²) >= 11 is 0. The van der Waals surface area contributed by atoms with Crippen LogP contribution in [0.15, 0.2) is 30.5 Å². The number of alkyl halides is 1. The zero-order valence-corrected chi connectivity index (χ0v) is 19.6. The van der Waals surface area contributed by atoms with Crippen molar-refractivity contribution in [3.05, 3.63) is 58.8 Å². The van der Waals surface area contributed by atoms with Crippen LogP contribution in [0.2, 0.25) is 0 Å². The first kappa shape index (κ1) is 23.9. The Kier molecular flexibility index (Phi) is 6.37. The van der Waals surface area contributed by atoms with Crippen molar-refractivity contribution in [2.45, 2.75) is 51.0 Å². The molecule has 178 valence electrons. The van der Waals surface area contributed by atoms with Crippen LogP contribution in [0.25, 0.3) is 10.9 Å². The van der Waals surface area contributed by atoms with E-state index in [1.165, 1.54) is 26.0 Å². The molecule has 1 fully saturated rings. The Labute approximate surface area is 197 Å². The summed E-state index contributed by atoms with van der Waals surface area (Å²) in [4.78, 5) is 1.87. The Hall–Kier alpha value is -2.29. The van der Waals surface area contributed by atoms with E-state index >= 15 is 8.78 Å². The summed E-state index contributed by atoms with van der Waals surface area (Å²) in [6.07, 6.45) is 2.29. The Morgan fingerprint density at radius 1 is 1.18 bits per heavy atom. The molecule has 5 rings (SSSR count). The van der Waals surface area contributed by atoms with E-state index < -0.39 is 23.3 Å². The second-order valence-corrected chi connectivity index (χ2v) is 9.51. The zero-order valence-electron chi connectivity index (χ0n) is 18.8. The predicted molar refractivity (Wildman–Crippen MR) is 124 cm³/mol. The molecule has 0 spiro atoms. The van der Waals surface area contributed by atoms with E-state index in [1.807, 2.05) is 24.0 Å². The van der Waals surface area contributed by atoms with E-state index in [0.717, 1.165) is 22.0 Å². The smallest absolute Gasteiger partial charge is 0.134 e. The predicted octanol–water partition coefficient (Wildman–Crippen LogP) is 4.70. The van der Waals surface area contributed by atoms with Crippen LogP contribution in [0.1, 0.15) is 43.5 Å². The topological polar surface area (TPSA) is 53.2 Å². The lowest BCUT2D eigenvalue weighted by Crippen LogP contribution is -2.50. The van der Waals surface area contributed by atoms with Crippen LogP contribution in [-0.4, -0.2) is 52.5 Å². The van der Waals surface area contributed by atoms with Crippen molar-refractivity contribution in [3.8, 4) is 5.75 Å². The minimum Gasteiger partial charge on any atom is -0.488 e. The number of nitrogens with zero attached hydrogens (tertiary/aromatic N) is 2. The molecule has 3 heterocycles. The molecule has 9 heteroatoms. The number of rotatable bonds is 5. The van der Waals surface area contributed by atoms with Gasteiger partial charge in [-0.15, -0.1) is 12.4 Å². The highest BCUT2D eigenvalue weighted by atomic mass is 35.5. The van der Waals surface area contributed by atoms with Gasteiger partial charge in [-0.1, -0.05) is 6.07 Å². The highest BCUT2D eigenvalue weighted by Crippen LogP contribution is 2.43. The molecular formula is C24H28ClF3N4O. The molecule has 0 saturated carbocycles. The van der Waals surface area contributed by atoms with Gasteiger partial charge in [-0.2, -0.15) is 5.10 Å². The van der Waals surface area contributed by atoms with Crippen LogP contribution in [0, 0.1) is 11.6 Å². The van der Waals surface area contributed by atoms with Crippen LogP contribution in [0.5, 0.6) is 5.75 Å². The number of aromatic nitrogens is 2. The summed E-state index contributed by atoms with van der Waals surface area (Å²) in [5.74, 6) is -1.21. The maximum atomic E-state index is 15.5. The van der Waals surface area contributed by atoms with Crippen molar-refractivity contribution in [1.29, 1.82) is 0 Å². The number of H-pyrrole nitrogens is 1. The summed E-state index contributed by atoms with van der Waals surface area (Å²) in [5.41, 5.74) is 1.02. The molecular weight excluding hydrogens is 453 g/mol. The number of nitrogens with one attached hydrogen (secondary N) is 2. The Bertz CT molecular complexity index is 1140. The van der Waals surface area contributed by atoms with Crippen molar-refractivity contribution < 1.29 is 17.9 Å². The third-order valence-corrected chi connectivity index (χ3v) is 6.40. The van der Waals surface area contributed by atoms with Crippen LogP contribution >= 0.6 is 12.4 Å². The number of ether oxygens (including phenoxy) is 1. The number of benzene rings is 2. The van der Waals surface area contributed by atoms with Crippen LogP contribution in [0.4, 0.5) is 13.2 Å². The lowest BCUT2D eigenvalue weighted by atomic mass is 9.82. The molecule has 2 atom stereocenters. The van der Waals surface area contributed by atoms with Crippen molar-refractivity contribution >= 4 is 23.3 Å². The van der Waals surface area contributed by atoms with Crippen LogP contribution < -0.4 is 10.1 Å². The lowest BCUT2D eigenvalue weighted by molar-refractivity contribution is 0.0654. The molecule has 0 radical (unpaired) electrons. The van der Waals surface area contributed by atoms with Gasteiger partial charge in [0, 0.05) is 48.8 Å². The number of halogens is 4. The third kappa shape index (κ3) is 4.44. The maximum absolute atomic E-state index is 15.5. The molecule has 0 aliphatic carbocycles. The van der Waals surface area contributed by atoms with E-state index in [9.17, 15) is 4.39 Å². The minimum atomic E-state index is -1.53. The normalized spacial score (nSPS) is 21.4. The van der Waals surface area contributed by atoms with Crippen LogP contribution in [-0.2, 0) is 6.42 Å². The Balaban J connectivity index is 0.00000259. The highest BCUT2D eigenvalue weighted by Gasteiger charge is 2.40. The van der Waals surface area contributed by atoms with Gasteiger partial charge in [0.15, 0.2) is 0 Å². The minimum absolute atomic E-state index is 0. The zero-order chi connectivity index (χ0) is 22.6. The van der Waals surface area contributed by atoms with E-state index in [2.05, 4.69) is 15.5 Å². The number of aromatic amines is 1. The molecule has 3 aromatic rings. The first-order valence-electron chi connectivity index (χ1n) is 11.0. The SMILES string of the molecule is C[C@@H]1Cc2c(ccc3[nH]ncc23)[C@@H](c2c(F)cc(OC3CNC3)cc2F)N1CC(C)(C)F.Cl. The summed E-state index contributed by atoms with van der Waals surface area (Å²) in [7, 11) is 0.